The fourth-order valence-electron chi connectivity index (χ4n) is 1.11. The molecule has 1 amide bonds. The largest absolute Gasteiger partial charge is 0.355 e. The molecule has 0 bridgehead atoms. The summed E-state index contributed by atoms with van der Waals surface area (Å²) in [6, 6.07) is -0.0585. The van der Waals surface area contributed by atoms with E-state index in [0.717, 1.165) is 13.0 Å². The fraction of sp³-hybridized carbons (Fsp3) is 0.900. The molecule has 0 aliphatic carbocycles. The highest BCUT2D eigenvalue weighted by Crippen LogP contribution is 1.92. The van der Waals surface area contributed by atoms with Gasteiger partial charge in [0.25, 0.3) is 0 Å². The van der Waals surface area contributed by atoms with Crippen LogP contribution in [0.25, 0.3) is 0 Å². The third kappa shape index (κ3) is 6.58. The molecule has 0 aromatic heterocycles. The van der Waals surface area contributed by atoms with Crippen molar-refractivity contribution in [3.63, 3.8) is 0 Å². The smallest absolute Gasteiger partial charge is 0.236 e. The van der Waals surface area contributed by atoms with E-state index in [9.17, 15) is 4.79 Å². The molecular weight excluding hydrogens is 164 g/mol. The number of unbranched alkanes of at least 4 members (excludes halogenated alkanes) is 2. The van der Waals surface area contributed by atoms with Crippen LogP contribution in [0.4, 0.5) is 0 Å². The van der Waals surface area contributed by atoms with Crippen molar-refractivity contribution >= 4 is 5.91 Å². The van der Waals surface area contributed by atoms with Crippen molar-refractivity contribution in [3.8, 4) is 0 Å². The van der Waals surface area contributed by atoms with Crippen LogP contribution in [-0.4, -0.2) is 25.0 Å². The maximum Gasteiger partial charge on any atom is 0.236 e. The van der Waals surface area contributed by atoms with Gasteiger partial charge in [0.2, 0.25) is 5.91 Å². The molecule has 0 aromatic rings. The summed E-state index contributed by atoms with van der Waals surface area (Å²) in [5.41, 5.74) is 0. The van der Waals surface area contributed by atoms with E-state index in [4.69, 9.17) is 0 Å². The van der Waals surface area contributed by atoms with Crippen molar-refractivity contribution < 1.29 is 4.79 Å². The van der Waals surface area contributed by atoms with Gasteiger partial charge in [-0.05, 0) is 26.8 Å². The lowest BCUT2D eigenvalue weighted by molar-refractivity contribution is -0.122. The fourth-order valence-corrected chi connectivity index (χ4v) is 1.11. The second-order valence-electron chi connectivity index (χ2n) is 3.28. The zero-order chi connectivity index (χ0) is 10.1. The Hall–Kier alpha value is -0.570. The minimum absolute atomic E-state index is 0.0585. The summed E-state index contributed by atoms with van der Waals surface area (Å²) in [7, 11) is 0. The summed E-state index contributed by atoms with van der Waals surface area (Å²) in [5.74, 6) is 0.0963. The number of rotatable bonds is 7. The molecule has 0 saturated carbocycles. The van der Waals surface area contributed by atoms with Crippen molar-refractivity contribution in [2.24, 2.45) is 0 Å². The monoisotopic (exact) mass is 186 g/mol. The average Bonchev–Trinajstić information content (AvgIpc) is 2.12. The van der Waals surface area contributed by atoms with Gasteiger partial charge in [-0.1, -0.05) is 19.8 Å². The highest BCUT2D eigenvalue weighted by Gasteiger charge is 2.09. The molecule has 78 valence electrons. The maximum absolute atomic E-state index is 11.2. The molecule has 0 spiro atoms. The molecule has 0 heterocycles. The van der Waals surface area contributed by atoms with Crippen molar-refractivity contribution in [1.29, 1.82) is 0 Å². The molecular formula is C10H22N2O. The Bertz CT molecular complexity index is 137. The summed E-state index contributed by atoms with van der Waals surface area (Å²) < 4.78 is 0. The Balaban J connectivity index is 3.38. The molecule has 0 aliphatic heterocycles. The van der Waals surface area contributed by atoms with Gasteiger partial charge in [0, 0.05) is 6.54 Å². The molecule has 0 aliphatic rings. The van der Waals surface area contributed by atoms with Crippen LogP contribution in [0.2, 0.25) is 0 Å². The van der Waals surface area contributed by atoms with Gasteiger partial charge in [-0.2, -0.15) is 0 Å². The van der Waals surface area contributed by atoms with E-state index >= 15 is 0 Å². The first-order valence-electron chi connectivity index (χ1n) is 5.23. The van der Waals surface area contributed by atoms with Crippen molar-refractivity contribution in [1.82, 2.24) is 10.6 Å². The SMILES string of the molecule is CCCCCNC(C)C(=O)NCC. The van der Waals surface area contributed by atoms with E-state index in [1.165, 1.54) is 12.8 Å². The predicted octanol–water partition coefficient (Wildman–Crippen LogP) is 1.29. The van der Waals surface area contributed by atoms with Crippen LogP contribution in [0.5, 0.6) is 0 Å². The van der Waals surface area contributed by atoms with Gasteiger partial charge in [-0.15, -0.1) is 0 Å². The zero-order valence-electron chi connectivity index (χ0n) is 9.02. The van der Waals surface area contributed by atoms with Gasteiger partial charge in [0.1, 0.15) is 0 Å². The molecule has 13 heavy (non-hydrogen) atoms. The second-order valence-corrected chi connectivity index (χ2v) is 3.28. The Morgan fingerprint density at radius 1 is 1.31 bits per heavy atom. The summed E-state index contributed by atoms with van der Waals surface area (Å²) in [5, 5.41) is 5.97. The standard InChI is InChI=1S/C10H22N2O/c1-4-6-7-8-12-9(3)10(13)11-5-2/h9,12H,4-8H2,1-3H3,(H,11,13). The molecule has 0 aromatic carbocycles. The molecule has 3 heteroatoms. The number of likely N-dealkylation sites (N-methyl/N-ethyl adjacent to an activating group) is 1. The molecule has 0 radical (unpaired) electrons. The molecule has 0 rings (SSSR count). The number of amides is 1. The van der Waals surface area contributed by atoms with Crippen LogP contribution in [0, 0.1) is 0 Å². The Morgan fingerprint density at radius 3 is 2.54 bits per heavy atom. The molecule has 3 nitrogen and oxygen atoms in total. The molecule has 0 saturated heterocycles. The third-order valence-electron chi connectivity index (χ3n) is 1.98. The molecule has 1 unspecified atom stereocenters. The van der Waals surface area contributed by atoms with Gasteiger partial charge in [0.05, 0.1) is 6.04 Å². The van der Waals surface area contributed by atoms with Crippen molar-refractivity contribution in [3.05, 3.63) is 0 Å². The van der Waals surface area contributed by atoms with E-state index in [1.807, 2.05) is 13.8 Å². The van der Waals surface area contributed by atoms with Crippen LogP contribution in [0.1, 0.15) is 40.0 Å². The number of hydrogen-bond donors (Lipinski definition) is 2. The normalized spacial score (nSPS) is 12.5. The van der Waals surface area contributed by atoms with Gasteiger partial charge in [0.15, 0.2) is 0 Å². The first-order valence-corrected chi connectivity index (χ1v) is 5.23. The van der Waals surface area contributed by atoms with Crippen molar-refractivity contribution in [2.75, 3.05) is 13.1 Å². The Kier molecular flexibility index (Phi) is 7.69. The van der Waals surface area contributed by atoms with Crippen LogP contribution in [0.3, 0.4) is 0 Å². The van der Waals surface area contributed by atoms with Gasteiger partial charge in [-0.3, -0.25) is 4.79 Å². The highest BCUT2D eigenvalue weighted by atomic mass is 16.2. The van der Waals surface area contributed by atoms with Crippen molar-refractivity contribution in [2.45, 2.75) is 46.1 Å². The topological polar surface area (TPSA) is 41.1 Å². The number of hydrogen-bond acceptors (Lipinski definition) is 2. The Labute approximate surface area is 81.3 Å². The van der Waals surface area contributed by atoms with Gasteiger partial charge >= 0.3 is 0 Å². The van der Waals surface area contributed by atoms with E-state index < -0.39 is 0 Å². The van der Waals surface area contributed by atoms with Crippen LogP contribution < -0.4 is 10.6 Å². The van der Waals surface area contributed by atoms with E-state index in [0.29, 0.717) is 6.54 Å². The van der Waals surface area contributed by atoms with Gasteiger partial charge < -0.3 is 10.6 Å². The first kappa shape index (κ1) is 12.4. The zero-order valence-corrected chi connectivity index (χ0v) is 9.02. The van der Waals surface area contributed by atoms with E-state index in [2.05, 4.69) is 17.6 Å². The average molecular weight is 186 g/mol. The lowest BCUT2D eigenvalue weighted by Gasteiger charge is -2.12. The molecule has 2 N–H and O–H groups in total. The first-order chi connectivity index (χ1) is 6.22. The summed E-state index contributed by atoms with van der Waals surface area (Å²) in [4.78, 5) is 11.2. The summed E-state index contributed by atoms with van der Waals surface area (Å²) in [6.07, 6.45) is 3.60. The van der Waals surface area contributed by atoms with Crippen LogP contribution in [0.15, 0.2) is 0 Å². The minimum atomic E-state index is -0.0585. The van der Waals surface area contributed by atoms with Crippen LogP contribution in [-0.2, 0) is 4.79 Å². The summed E-state index contributed by atoms with van der Waals surface area (Å²) in [6.45, 7) is 7.65. The third-order valence-corrected chi connectivity index (χ3v) is 1.98. The van der Waals surface area contributed by atoms with E-state index in [-0.39, 0.29) is 11.9 Å². The molecule has 0 fully saturated rings. The minimum Gasteiger partial charge on any atom is -0.355 e. The lowest BCUT2D eigenvalue weighted by Crippen LogP contribution is -2.42. The Morgan fingerprint density at radius 2 is 2.00 bits per heavy atom. The second kappa shape index (κ2) is 8.05. The van der Waals surface area contributed by atoms with E-state index in [1.54, 1.807) is 0 Å². The maximum atomic E-state index is 11.2. The summed E-state index contributed by atoms with van der Waals surface area (Å²) >= 11 is 0. The number of carbonyl (C=O) groups excluding carboxylic acids is 1. The predicted molar refractivity (Wildman–Crippen MR) is 55.7 cm³/mol. The number of nitrogens with one attached hydrogen (secondary N) is 2. The van der Waals surface area contributed by atoms with Gasteiger partial charge in [-0.25, -0.2) is 0 Å². The highest BCUT2D eigenvalue weighted by molar-refractivity contribution is 5.81. The van der Waals surface area contributed by atoms with Crippen LogP contribution >= 0.6 is 0 Å². The quantitative estimate of drug-likeness (QED) is 0.588. The lowest BCUT2D eigenvalue weighted by atomic mass is 10.2. The molecule has 1 atom stereocenters. The number of carbonyl (C=O) groups is 1.